The first kappa shape index (κ1) is 15.7. The van der Waals surface area contributed by atoms with Crippen LogP contribution < -0.4 is 14.8 Å². The van der Waals surface area contributed by atoms with Crippen LogP contribution >= 0.6 is 0 Å². The van der Waals surface area contributed by atoms with E-state index in [1.165, 1.54) is 25.7 Å². The average Bonchev–Trinajstić information content (AvgIpc) is 2.80. The van der Waals surface area contributed by atoms with Crippen LogP contribution in [-0.4, -0.2) is 20.3 Å². The molecule has 0 saturated heterocycles. The summed E-state index contributed by atoms with van der Waals surface area (Å²) in [5, 5.41) is 13.0. The van der Waals surface area contributed by atoms with Crippen molar-refractivity contribution in [3.63, 3.8) is 0 Å². The summed E-state index contributed by atoms with van der Waals surface area (Å²) in [5.74, 6) is 1.35. The van der Waals surface area contributed by atoms with E-state index in [1.807, 2.05) is 18.2 Å². The highest BCUT2D eigenvalue weighted by molar-refractivity contribution is 5.44. The third kappa shape index (κ3) is 4.12. The van der Waals surface area contributed by atoms with Gasteiger partial charge in [0.05, 0.1) is 20.3 Å². The van der Waals surface area contributed by atoms with Crippen molar-refractivity contribution in [1.29, 1.82) is 5.26 Å². The molecule has 0 aliphatic heterocycles. The van der Waals surface area contributed by atoms with E-state index in [0.29, 0.717) is 17.5 Å². The smallest absolute Gasteiger partial charge is 0.161 e. The number of benzene rings is 1. The van der Waals surface area contributed by atoms with Crippen LogP contribution in [0.3, 0.4) is 0 Å². The zero-order chi connectivity index (χ0) is 15.1. The maximum Gasteiger partial charge on any atom is 0.161 e. The van der Waals surface area contributed by atoms with Gasteiger partial charge in [0.2, 0.25) is 0 Å². The third-order valence-electron chi connectivity index (χ3n) is 4.13. The van der Waals surface area contributed by atoms with Gasteiger partial charge in [-0.1, -0.05) is 31.7 Å². The Morgan fingerprint density at radius 2 is 1.76 bits per heavy atom. The fourth-order valence-electron chi connectivity index (χ4n) is 2.92. The van der Waals surface area contributed by atoms with Crippen molar-refractivity contribution in [1.82, 2.24) is 5.32 Å². The molecule has 0 bridgehead atoms. The van der Waals surface area contributed by atoms with Crippen LogP contribution in [0.1, 0.15) is 50.1 Å². The van der Waals surface area contributed by atoms with Gasteiger partial charge in [-0.2, -0.15) is 5.26 Å². The Bertz CT molecular complexity index is 488. The second kappa shape index (κ2) is 7.90. The van der Waals surface area contributed by atoms with Crippen molar-refractivity contribution >= 4 is 0 Å². The highest BCUT2D eigenvalue weighted by Gasteiger charge is 2.19. The second-order valence-corrected chi connectivity index (χ2v) is 5.53. The maximum atomic E-state index is 9.49. The van der Waals surface area contributed by atoms with Crippen LogP contribution in [0.15, 0.2) is 18.2 Å². The second-order valence-electron chi connectivity index (χ2n) is 5.53. The first-order valence-corrected chi connectivity index (χ1v) is 7.66. The monoisotopic (exact) mass is 288 g/mol. The van der Waals surface area contributed by atoms with Gasteiger partial charge in [-0.15, -0.1) is 0 Å². The van der Waals surface area contributed by atoms with E-state index in [4.69, 9.17) is 9.47 Å². The molecule has 21 heavy (non-hydrogen) atoms. The Morgan fingerprint density at radius 1 is 1.10 bits per heavy atom. The largest absolute Gasteiger partial charge is 0.493 e. The molecule has 1 N–H and O–H groups in total. The normalized spacial score (nSPS) is 17.6. The van der Waals surface area contributed by atoms with E-state index in [9.17, 15) is 5.26 Å². The van der Waals surface area contributed by atoms with Crippen molar-refractivity contribution in [2.75, 3.05) is 14.2 Å². The van der Waals surface area contributed by atoms with Gasteiger partial charge >= 0.3 is 0 Å². The summed E-state index contributed by atoms with van der Waals surface area (Å²) >= 11 is 0. The maximum absolute atomic E-state index is 9.49. The minimum atomic E-state index is -0.298. The van der Waals surface area contributed by atoms with Crippen LogP contribution in [0.2, 0.25) is 0 Å². The van der Waals surface area contributed by atoms with Crippen LogP contribution in [0.25, 0.3) is 0 Å². The fourth-order valence-corrected chi connectivity index (χ4v) is 2.92. The molecule has 4 heteroatoms. The summed E-state index contributed by atoms with van der Waals surface area (Å²) in [6.07, 6.45) is 7.44. The SMILES string of the molecule is COc1ccc(C(C#N)NC2CCCCCC2)cc1OC. The Kier molecular flexibility index (Phi) is 5.89. The Morgan fingerprint density at radius 3 is 2.33 bits per heavy atom. The van der Waals surface area contributed by atoms with Crippen molar-refractivity contribution < 1.29 is 9.47 Å². The van der Waals surface area contributed by atoms with Crippen LogP contribution in [-0.2, 0) is 0 Å². The zero-order valence-corrected chi connectivity index (χ0v) is 12.9. The topological polar surface area (TPSA) is 54.3 Å². The molecule has 1 unspecified atom stereocenters. The van der Waals surface area contributed by atoms with Crippen LogP contribution in [0.5, 0.6) is 11.5 Å². The third-order valence-corrected chi connectivity index (χ3v) is 4.13. The molecule has 0 radical (unpaired) electrons. The van der Waals surface area contributed by atoms with Crippen molar-refractivity contribution in [2.24, 2.45) is 0 Å². The highest BCUT2D eigenvalue weighted by Crippen LogP contribution is 2.30. The van der Waals surface area contributed by atoms with Crippen molar-refractivity contribution in [2.45, 2.75) is 50.6 Å². The predicted molar refractivity (Wildman–Crippen MR) is 82.5 cm³/mol. The summed E-state index contributed by atoms with van der Waals surface area (Å²) in [6.45, 7) is 0. The molecule has 4 nitrogen and oxygen atoms in total. The summed E-state index contributed by atoms with van der Waals surface area (Å²) in [4.78, 5) is 0. The van der Waals surface area contributed by atoms with Gasteiger partial charge in [0, 0.05) is 6.04 Å². The number of methoxy groups -OCH3 is 2. The fraction of sp³-hybridized carbons (Fsp3) is 0.588. The minimum absolute atomic E-state index is 0.298. The van der Waals surface area contributed by atoms with Gasteiger partial charge in [0.15, 0.2) is 11.5 Å². The highest BCUT2D eigenvalue weighted by atomic mass is 16.5. The molecule has 0 aromatic heterocycles. The summed E-state index contributed by atoms with van der Waals surface area (Å²) in [7, 11) is 3.23. The van der Waals surface area contributed by atoms with Crippen molar-refractivity contribution in [3.05, 3.63) is 23.8 Å². The lowest BCUT2D eigenvalue weighted by atomic mass is 10.0. The van der Waals surface area contributed by atoms with E-state index >= 15 is 0 Å². The van der Waals surface area contributed by atoms with E-state index in [-0.39, 0.29) is 6.04 Å². The number of nitrogens with zero attached hydrogens (tertiary/aromatic N) is 1. The molecule has 1 atom stereocenters. The van der Waals surface area contributed by atoms with E-state index < -0.39 is 0 Å². The van der Waals surface area contributed by atoms with Crippen LogP contribution in [0, 0.1) is 11.3 Å². The number of hydrogen-bond acceptors (Lipinski definition) is 4. The lowest BCUT2D eigenvalue weighted by Crippen LogP contribution is -2.31. The Hall–Kier alpha value is -1.73. The standard InChI is InChI=1S/C17H24N2O2/c1-20-16-10-9-13(11-17(16)21-2)15(12-18)19-14-7-5-3-4-6-8-14/h9-11,14-15,19H,3-8H2,1-2H3. The molecular weight excluding hydrogens is 264 g/mol. The number of rotatable bonds is 5. The minimum Gasteiger partial charge on any atom is -0.493 e. The first-order chi connectivity index (χ1) is 10.3. The van der Waals surface area contributed by atoms with E-state index in [0.717, 1.165) is 18.4 Å². The summed E-state index contributed by atoms with van der Waals surface area (Å²) in [6, 6.07) is 8.17. The lowest BCUT2D eigenvalue weighted by molar-refractivity contribution is 0.353. The van der Waals surface area contributed by atoms with E-state index in [1.54, 1.807) is 14.2 Å². The quantitative estimate of drug-likeness (QED) is 0.841. The molecule has 1 aliphatic carbocycles. The summed E-state index contributed by atoms with van der Waals surface area (Å²) in [5.41, 5.74) is 0.930. The molecule has 1 aromatic carbocycles. The molecule has 0 amide bonds. The number of nitriles is 1. The molecule has 0 spiro atoms. The Labute approximate surface area is 127 Å². The number of hydrogen-bond donors (Lipinski definition) is 1. The molecule has 1 saturated carbocycles. The van der Waals surface area contributed by atoms with Gasteiger partial charge < -0.3 is 9.47 Å². The Balaban J connectivity index is 2.11. The van der Waals surface area contributed by atoms with Crippen molar-refractivity contribution in [3.8, 4) is 17.6 Å². The van der Waals surface area contributed by atoms with Gasteiger partial charge in [-0.3, -0.25) is 5.32 Å². The lowest BCUT2D eigenvalue weighted by Gasteiger charge is -2.21. The molecule has 1 aromatic rings. The number of nitrogens with one attached hydrogen (secondary N) is 1. The molecular formula is C17H24N2O2. The number of ether oxygens (including phenoxy) is 2. The first-order valence-electron chi connectivity index (χ1n) is 7.66. The van der Waals surface area contributed by atoms with Gasteiger partial charge in [-0.05, 0) is 30.5 Å². The molecule has 2 rings (SSSR count). The summed E-state index contributed by atoms with van der Waals surface area (Å²) < 4.78 is 10.6. The van der Waals surface area contributed by atoms with Gasteiger partial charge in [-0.25, -0.2) is 0 Å². The average molecular weight is 288 g/mol. The molecule has 1 fully saturated rings. The van der Waals surface area contributed by atoms with Gasteiger partial charge in [0.1, 0.15) is 6.04 Å². The predicted octanol–water partition coefficient (Wildman–Crippen LogP) is 3.58. The molecule has 114 valence electrons. The van der Waals surface area contributed by atoms with Crippen LogP contribution in [0.4, 0.5) is 0 Å². The van der Waals surface area contributed by atoms with E-state index in [2.05, 4.69) is 11.4 Å². The molecule has 1 aliphatic rings. The zero-order valence-electron chi connectivity index (χ0n) is 12.9. The van der Waals surface area contributed by atoms with Gasteiger partial charge in [0.25, 0.3) is 0 Å². The molecule has 0 heterocycles.